The summed E-state index contributed by atoms with van der Waals surface area (Å²) in [4.78, 5) is 20.2. The van der Waals surface area contributed by atoms with Gasteiger partial charge in [0, 0.05) is 18.2 Å². The number of ether oxygens (including phenoxy) is 1. The van der Waals surface area contributed by atoms with Crippen LogP contribution in [-0.2, 0) is 14.3 Å². The van der Waals surface area contributed by atoms with Crippen molar-refractivity contribution in [3.05, 3.63) is 0 Å². The summed E-state index contributed by atoms with van der Waals surface area (Å²) in [5.74, 6) is -0.811. The smallest absolute Gasteiger partial charge is 0.305 e. The van der Waals surface area contributed by atoms with E-state index in [1.54, 1.807) is 0 Å². The molecule has 0 radical (unpaired) electrons. The zero-order valence-electron chi connectivity index (χ0n) is 9.29. The summed E-state index contributed by atoms with van der Waals surface area (Å²) >= 11 is 3.22. The lowest BCUT2D eigenvalue weighted by molar-refractivity contribution is -0.143. The second-order valence-corrected chi connectivity index (χ2v) is 3.53. The van der Waals surface area contributed by atoms with E-state index in [-0.39, 0.29) is 5.97 Å². The van der Waals surface area contributed by atoms with Crippen molar-refractivity contribution >= 4 is 27.9 Å². The van der Waals surface area contributed by atoms with Crippen LogP contribution in [0.3, 0.4) is 0 Å². The maximum Gasteiger partial charge on any atom is 0.305 e. The molecule has 0 fully saturated rings. The van der Waals surface area contributed by atoms with Crippen LogP contribution in [0.4, 0.5) is 0 Å². The van der Waals surface area contributed by atoms with E-state index < -0.39 is 5.97 Å². The van der Waals surface area contributed by atoms with Crippen molar-refractivity contribution in [2.75, 3.05) is 11.9 Å². The fourth-order valence-corrected chi connectivity index (χ4v) is 0.939. The molecule has 0 atom stereocenters. The number of hydrogen-bond donors (Lipinski definition) is 1. The highest BCUT2D eigenvalue weighted by atomic mass is 79.9. The summed E-state index contributed by atoms with van der Waals surface area (Å²) in [7, 11) is 0. The van der Waals surface area contributed by atoms with Gasteiger partial charge in [-0.15, -0.1) is 0 Å². The first kappa shape index (κ1) is 16.8. The Morgan fingerprint density at radius 1 is 1.27 bits per heavy atom. The molecule has 0 heterocycles. The number of carbonyl (C=O) groups excluding carboxylic acids is 1. The molecule has 0 aromatic heterocycles. The van der Waals surface area contributed by atoms with Crippen LogP contribution in [0.15, 0.2) is 0 Å². The zero-order chi connectivity index (χ0) is 12.1. The third kappa shape index (κ3) is 19.7. The quantitative estimate of drug-likeness (QED) is 0.601. The molecule has 5 heteroatoms. The minimum absolute atomic E-state index is 0.100. The third-order valence-electron chi connectivity index (χ3n) is 1.28. The Morgan fingerprint density at radius 2 is 1.87 bits per heavy atom. The second kappa shape index (κ2) is 13.4. The minimum atomic E-state index is -0.711. The molecule has 0 aliphatic heterocycles. The standard InChI is InChI=1S/C6H11BrO2.C4H8O2/c1-2-9-6(8)4-3-5-7;1-2-3-4(5)6/h2-5H2,1H3;2-3H2,1H3,(H,5,6). The highest BCUT2D eigenvalue weighted by Crippen LogP contribution is 1.95. The van der Waals surface area contributed by atoms with Crippen LogP contribution in [-0.4, -0.2) is 29.0 Å². The Kier molecular flexibility index (Phi) is 15.1. The summed E-state index contributed by atoms with van der Waals surface area (Å²) in [6.07, 6.45) is 2.41. The first-order valence-corrected chi connectivity index (χ1v) is 6.13. The van der Waals surface area contributed by atoms with E-state index in [1.165, 1.54) is 0 Å². The van der Waals surface area contributed by atoms with Crippen molar-refractivity contribution < 1.29 is 19.4 Å². The highest BCUT2D eigenvalue weighted by molar-refractivity contribution is 9.09. The normalized spacial score (nSPS) is 8.73. The van der Waals surface area contributed by atoms with Gasteiger partial charge in [0.1, 0.15) is 0 Å². The Labute approximate surface area is 99.1 Å². The largest absolute Gasteiger partial charge is 0.481 e. The lowest BCUT2D eigenvalue weighted by atomic mass is 10.3. The Balaban J connectivity index is 0. The molecular formula is C10H19BrO4. The van der Waals surface area contributed by atoms with Crippen LogP contribution in [0.1, 0.15) is 39.5 Å². The Bertz CT molecular complexity index is 171. The topological polar surface area (TPSA) is 63.6 Å². The summed E-state index contributed by atoms with van der Waals surface area (Å²) in [5.41, 5.74) is 0. The van der Waals surface area contributed by atoms with Gasteiger partial charge in [0.2, 0.25) is 0 Å². The molecule has 4 nitrogen and oxygen atoms in total. The van der Waals surface area contributed by atoms with Crippen LogP contribution in [0.25, 0.3) is 0 Å². The van der Waals surface area contributed by atoms with Crippen molar-refractivity contribution in [3.8, 4) is 0 Å². The van der Waals surface area contributed by atoms with E-state index in [1.807, 2.05) is 13.8 Å². The van der Waals surface area contributed by atoms with Gasteiger partial charge in [-0.05, 0) is 19.8 Å². The van der Waals surface area contributed by atoms with Crippen LogP contribution in [0.2, 0.25) is 0 Å². The predicted octanol–water partition coefficient (Wildman–Crippen LogP) is 2.60. The molecular weight excluding hydrogens is 264 g/mol. The molecule has 0 rings (SSSR count). The van der Waals surface area contributed by atoms with E-state index in [0.717, 1.165) is 18.2 Å². The molecule has 0 spiro atoms. The zero-order valence-corrected chi connectivity index (χ0v) is 10.9. The van der Waals surface area contributed by atoms with Crippen molar-refractivity contribution in [3.63, 3.8) is 0 Å². The molecule has 90 valence electrons. The number of carbonyl (C=O) groups is 2. The van der Waals surface area contributed by atoms with Crippen molar-refractivity contribution in [2.45, 2.75) is 39.5 Å². The molecule has 0 aromatic carbocycles. The molecule has 0 unspecified atom stereocenters. The summed E-state index contributed by atoms with van der Waals surface area (Å²) in [5, 5.41) is 8.78. The van der Waals surface area contributed by atoms with Crippen molar-refractivity contribution in [1.29, 1.82) is 0 Å². The number of carboxylic acids is 1. The Morgan fingerprint density at radius 3 is 2.13 bits per heavy atom. The molecule has 15 heavy (non-hydrogen) atoms. The number of aliphatic carboxylic acids is 1. The lowest BCUT2D eigenvalue weighted by Gasteiger charge is -1.97. The van der Waals surface area contributed by atoms with Gasteiger partial charge in [-0.25, -0.2) is 0 Å². The van der Waals surface area contributed by atoms with E-state index in [9.17, 15) is 9.59 Å². The van der Waals surface area contributed by atoms with Gasteiger partial charge >= 0.3 is 11.9 Å². The fourth-order valence-electron chi connectivity index (χ4n) is 0.658. The molecule has 0 saturated heterocycles. The molecule has 0 saturated carbocycles. The van der Waals surface area contributed by atoms with Crippen LogP contribution in [0.5, 0.6) is 0 Å². The first-order valence-electron chi connectivity index (χ1n) is 5.01. The average Bonchev–Trinajstić information content (AvgIpc) is 2.16. The number of esters is 1. The van der Waals surface area contributed by atoms with Gasteiger partial charge in [-0.3, -0.25) is 9.59 Å². The van der Waals surface area contributed by atoms with Crippen LogP contribution >= 0.6 is 15.9 Å². The number of carboxylic acid groups (broad SMARTS) is 1. The van der Waals surface area contributed by atoms with Crippen molar-refractivity contribution in [1.82, 2.24) is 0 Å². The summed E-state index contributed by atoms with van der Waals surface area (Å²) < 4.78 is 4.68. The number of hydrogen-bond acceptors (Lipinski definition) is 3. The second-order valence-electron chi connectivity index (χ2n) is 2.74. The maximum absolute atomic E-state index is 10.6. The monoisotopic (exact) mass is 282 g/mol. The van der Waals surface area contributed by atoms with E-state index in [4.69, 9.17) is 5.11 Å². The molecule has 0 aliphatic rings. The van der Waals surface area contributed by atoms with Gasteiger partial charge in [0.25, 0.3) is 0 Å². The molecule has 0 aliphatic carbocycles. The number of alkyl halides is 1. The van der Waals surface area contributed by atoms with Crippen LogP contribution in [0, 0.1) is 0 Å². The van der Waals surface area contributed by atoms with Gasteiger partial charge in [0.05, 0.1) is 6.61 Å². The molecule has 1 N–H and O–H groups in total. The third-order valence-corrected chi connectivity index (χ3v) is 1.84. The number of rotatable bonds is 6. The van der Waals surface area contributed by atoms with Gasteiger partial charge in [-0.2, -0.15) is 0 Å². The SMILES string of the molecule is CCCC(=O)O.CCOC(=O)CCCBr. The number of halogens is 1. The predicted molar refractivity (Wildman–Crippen MR) is 62.2 cm³/mol. The molecule has 0 aromatic rings. The maximum atomic E-state index is 10.6. The lowest BCUT2D eigenvalue weighted by Crippen LogP contribution is -2.03. The Hall–Kier alpha value is -0.580. The van der Waals surface area contributed by atoms with Crippen molar-refractivity contribution in [2.24, 2.45) is 0 Å². The van der Waals surface area contributed by atoms with Crippen LogP contribution < -0.4 is 0 Å². The van der Waals surface area contributed by atoms with Gasteiger partial charge in [-0.1, -0.05) is 22.9 Å². The average molecular weight is 283 g/mol. The van der Waals surface area contributed by atoms with Gasteiger partial charge in [0.15, 0.2) is 0 Å². The van der Waals surface area contributed by atoms with Gasteiger partial charge < -0.3 is 9.84 Å². The molecule has 0 bridgehead atoms. The van der Waals surface area contributed by atoms with E-state index in [0.29, 0.717) is 19.4 Å². The molecule has 0 amide bonds. The van der Waals surface area contributed by atoms with E-state index in [2.05, 4.69) is 20.7 Å². The first-order chi connectivity index (χ1) is 7.08. The summed E-state index contributed by atoms with van der Waals surface area (Å²) in [6, 6.07) is 0. The van der Waals surface area contributed by atoms with E-state index >= 15 is 0 Å². The summed E-state index contributed by atoms with van der Waals surface area (Å²) in [6.45, 7) is 4.14. The highest BCUT2D eigenvalue weighted by Gasteiger charge is 1.97. The fraction of sp³-hybridized carbons (Fsp3) is 0.800. The minimum Gasteiger partial charge on any atom is -0.481 e.